The number of fused-ring (bicyclic) bond motifs is 1. The maximum Gasteiger partial charge on any atom is 0.376 e. The Morgan fingerprint density at radius 3 is 2.00 bits per heavy atom. The van der Waals surface area contributed by atoms with Gasteiger partial charge in [-0.2, -0.15) is 0 Å². The van der Waals surface area contributed by atoms with Crippen LogP contribution in [0, 0.1) is 10.2 Å². The van der Waals surface area contributed by atoms with Gasteiger partial charge in [-0.05, 0) is 34.1 Å². The Morgan fingerprint density at radius 2 is 1.39 bits per heavy atom. The van der Waals surface area contributed by atoms with Gasteiger partial charge in [-0.3, -0.25) is 0 Å². The van der Waals surface area contributed by atoms with Gasteiger partial charge in [0, 0.05) is 6.07 Å². The molecule has 0 bridgehead atoms. The highest BCUT2D eigenvalue weighted by Crippen LogP contribution is 2.39. The minimum Gasteiger partial charge on any atom is -0.222 e. The molecule has 0 radical (unpaired) electrons. The minimum atomic E-state index is -4.94. The zero-order valence-corrected chi connectivity index (χ0v) is 14.5. The monoisotopic (exact) mass is 418 g/mol. The van der Waals surface area contributed by atoms with Crippen molar-refractivity contribution in [3.05, 3.63) is 64.1 Å². The first kappa shape index (κ1) is 18.1. The van der Waals surface area contributed by atoms with Gasteiger partial charge in [0.2, 0.25) is 0 Å². The fourth-order valence-corrected chi connectivity index (χ4v) is 2.65. The summed E-state index contributed by atoms with van der Waals surface area (Å²) in [4.78, 5) is 0. The SMILES string of the molecule is Clc1c(Br)c(-c2ccccc2)[o+]c2ccccc12.[O-][Cl+3]([O-])([O-])[O-]. The molecule has 0 aliphatic rings. The quantitative estimate of drug-likeness (QED) is 0.548. The average molecular weight is 420 g/mol. The Kier molecular flexibility index (Phi) is 5.94. The van der Waals surface area contributed by atoms with Gasteiger partial charge in [0.15, 0.2) is 0 Å². The van der Waals surface area contributed by atoms with E-state index in [4.69, 9.17) is 34.7 Å². The third kappa shape index (κ3) is 5.12. The summed E-state index contributed by atoms with van der Waals surface area (Å²) in [5.74, 6) is 0.749. The van der Waals surface area contributed by atoms with E-state index in [9.17, 15) is 0 Å². The highest BCUT2D eigenvalue weighted by molar-refractivity contribution is 9.10. The largest absolute Gasteiger partial charge is 0.376 e. The highest BCUT2D eigenvalue weighted by Gasteiger charge is 2.23. The van der Waals surface area contributed by atoms with Gasteiger partial charge in [-0.1, -0.05) is 41.9 Å². The maximum absolute atomic E-state index is 8.49. The zero-order valence-electron chi connectivity index (χ0n) is 11.4. The van der Waals surface area contributed by atoms with E-state index >= 15 is 0 Å². The maximum atomic E-state index is 8.49. The molecular weight excluding hydrogens is 411 g/mol. The van der Waals surface area contributed by atoms with Crippen LogP contribution < -0.4 is 18.6 Å². The van der Waals surface area contributed by atoms with Crippen LogP contribution in [0.15, 0.2) is 63.5 Å². The predicted octanol–water partition coefficient (Wildman–Crippen LogP) is 1.04. The second kappa shape index (κ2) is 7.55. The van der Waals surface area contributed by atoms with E-state index in [2.05, 4.69) is 15.9 Å². The van der Waals surface area contributed by atoms with Crippen LogP contribution in [0.2, 0.25) is 5.02 Å². The van der Waals surface area contributed by atoms with Gasteiger partial charge in [-0.15, -0.1) is 10.2 Å². The standard InChI is InChI=1S/C15H9BrClO.ClHO4/c16-13-14(17)11-8-4-5-9-12(11)18-15(13)10-6-2-1-3-7-10;2-1(3,4)5/h1-9H;(H,2,3,4,5)/q+1;/p-1. The molecule has 8 heteroatoms. The summed E-state index contributed by atoms with van der Waals surface area (Å²) in [6.45, 7) is 0. The molecule has 2 aromatic carbocycles. The molecule has 0 saturated heterocycles. The van der Waals surface area contributed by atoms with Gasteiger partial charge in [0.05, 0.1) is 16.0 Å². The van der Waals surface area contributed by atoms with Gasteiger partial charge in [0.25, 0.3) is 0 Å². The smallest absolute Gasteiger partial charge is 0.222 e. The first-order chi connectivity index (χ1) is 10.8. The molecule has 0 N–H and O–H groups in total. The number of hydrogen-bond donors (Lipinski definition) is 0. The first-order valence-corrected chi connectivity index (χ1v) is 8.55. The zero-order chi connectivity index (χ0) is 17.0. The Bertz CT molecular complexity index is 800. The number of para-hydroxylation sites is 1. The summed E-state index contributed by atoms with van der Waals surface area (Å²) < 4.78 is 40.7. The fraction of sp³-hybridized carbons (Fsp3) is 0. The van der Waals surface area contributed by atoms with Gasteiger partial charge in [-0.25, -0.2) is 23.1 Å². The molecule has 1 heterocycles. The molecule has 3 aromatic rings. The van der Waals surface area contributed by atoms with E-state index in [1.807, 2.05) is 54.6 Å². The van der Waals surface area contributed by atoms with E-state index in [-0.39, 0.29) is 0 Å². The number of halogens is 3. The van der Waals surface area contributed by atoms with E-state index in [1.165, 1.54) is 0 Å². The minimum absolute atomic E-state index is 0.677. The summed E-state index contributed by atoms with van der Waals surface area (Å²) in [6.07, 6.45) is 0. The second-order valence-electron chi connectivity index (χ2n) is 4.30. The van der Waals surface area contributed by atoms with Crippen LogP contribution in [0.4, 0.5) is 0 Å². The lowest BCUT2D eigenvalue weighted by molar-refractivity contribution is -2.00. The molecule has 0 aliphatic heterocycles. The number of benzene rings is 2. The molecule has 120 valence electrons. The van der Waals surface area contributed by atoms with Crippen LogP contribution in [0.5, 0.6) is 0 Å². The molecule has 0 atom stereocenters. The molecule has 0 fully saturated rings. The third-order valence-corrected chi connectivity index (χ3v) is 4.14. The molecule has 0 unspecified atom stereocenters. The Labute approximate surface area is 147 Å². The summed E-state index contributed by atoms with van der Waals surface area (Å²) >= 11 is 9.89. The predicted molar refractivity (Wildman–Crippen MR) is 78.8 cm³/mol. The molecule has 1 aromatic heterocycles. The normalized spacial score (nSPS) is 11.0. The lowest BCUT2D eigenvalue weighted by Gasteiger charge is -2.17. The molecule has 0 amide bonds. The molecule has 0 aliphatic carbocycles. The second-order valence-corrected chi connectivity index (χ2v) is 6.23. The van der Waals surface area contributed by atoms with Crippen molar-refractivity contribution in [3.8, 4) is 11.3 Å². The average Bonchev–Trinajstić information content (AvgIpc) is 2.50. The van der Waals surface area contributed by atoms with Crippen LogP contribution in [-0.4, -0.2) is 0 Å². The molecular formula is C15H9BrCl2O5. The van der Waals surface area contributed by atoms with Crippen molar-refractivity contribution >= 4 is 38.5 Å². The molecule has 3 rings (SSSR count). The molecule has 0 saturated carbocycles. The van der Waals surface area contributed by atoms with Crippen LogP contribution in [0.25, 0.3) is 22.3 Å². The van der Waals surface area contributed by atoms with Crippen molar-refractivity contribution < 1.29 is 33.3 Å². The van der Waals surface area contributed by atoms with Crippen LogP contribution in [0.1, 0.15) is 0 Å². The molecule has 5 nitrogen and oxygen atoms in total. The molecule has 0 spiro atoms. The van der Waals surface area contributed by atoms with Crippen molar-refractivity contribution in [1.29, 1.82) is 0 Å². The Hall–Kier alpha value is -1.25. The van der Waals surface area contributed by atoms with E-state index in [0.717, 1.165) is 26.8 Å². The fourth-order valence-electron chi connectivity index (χ4n) is 1.88. The van der Waals surface area contributed by atoms with Crippen molar-refractivity contribution in [3.63, 3.8) is 0 Å². The summed E-state index contributed by atoms with van der Waals surface area (Å²) in [6, 6.07) is 17.6. The van der Waals surface area contributed by atoms with Crippen LogP contribution >= 0.6 is 27.5 Å². The lowest BCUT2D eigenvalue weighted by atomic mass is 10.1. The van der Waals surface area contributed by atoms with E-state index in [0.29, 0.717) is 5.02 Å². The Morgan fingerprint density at radius 1 is 0.870 bits per heavy atom. The van der Waals surface area contributed by atoms with Gasteiger partial charge in [0.1, 0.15) is 4.47 Å². The highest BCUT2D eigenvalue weighted by atomic mass is 79.9. The van der Waals surface area contributed by atoms with Gasteiger partial charge < -0.3 is 0 Å². The topological polar surface area (TPSA) is 104 Å². The first-order valence-electron chi connectivity index (χ1n) is 6.14. The summed E-state index contributed by atoms with van der Waals surface area (Å²) in [5, 5.41) is 1.58. The van der Waals surface area contributed by atoms with E-state index in [1.54, 1.807) is 0 Å². The van der Waals surface area contributed by atoms with Crippen molar-refractivity contribution in [1.82, 2.24) is 0 Å². The third-order valence-electron chi connectivity index (χ3n) is 2.76. The lowest BCUT2D eigenvalue weighted by Crippen LogP contribution is -2.68. The van der Waals surface area contributed by atoms with Crippen molar-refractivity contribution in [2.75, 3.05) is 0 Å². The number of hydrogen-bond acceptors (Lipinski definition) is 4. The Balaban J connectivity index is 0.000000338. The van der Waals surface area contributed by atoms with Crippen LogP contribution in [-0.2, 0) is 0 Å². The van der Waals surface area contributed by atoms with Gasteiger partial charge >= 0.3 is 11.3 Å². The van der Waals surface area contributed by atoms with Crippen molar-refractivity contribution in [2.45, 2.75) is 0 Å². The van der Waals surface area contributed by atoms with E-state index < -0.39 is 10.2 Å². The molecule has 23 heavy (non-hydrogen) atoms. The number of rotatable bonds is 1. The summed E-state index contributed by atoms with van der Waals surface area (Å²) in [7, 11) is -4.94. The van der Waals surface area contributed by atoms with Crippen molar-refractivity contribution in [2.24, 2.45) is 0 Å². The summed E-state index contributed by atoms with van der Waals surface area (Å²) in [5.41, 5.74) is 1.78. The van der Waals surface area contributed by atoms with Crippen LogP contribution in [0.3, 0.4) is 0 Å².